The molecule has 2 aromatic rings. The molecule has 1 aliphatic heterocycles. The van der Waals surface area contributed by atoms with Crippen LogP contribution in [0, 0.1) is 0 Å². The van der Waals surface area contributed by atoms with Crippen LogP contribution in [0.4, 0.5) is 19.1 Å². The van der Waals surface area contributed by atoms with Crippen LogP contribution < -0.4 is 5.32 Å². The molecule has 0 bridgehead atoms. The lowest BCUT2D eigenvalue weighted by Gasteiger charge is -2.38. The Bertz CT molecular complexity index is 613. The van der Waals surface area contributed by atoms with Gasteiger partial charge in [0.05, 0.1) is 6.04 Å². The molecule has 1 aromatic carbocycles. The highest BCUT2D eigenvalue weighted by Gasteiger charge is 2.58. The molecule has 0 amide bonds. The fourth-order valence-corrected chi connectivity index (χ4v) is 2.29. The Kier molecular flexibility index (Phi) is 2.72. The van der Waals surface area contributed by atoms with Crippen LogP contribution in [-0.4, -0.2) is 31.8 Å². The van der Waals surface area contributed by atoms with Crippen LogP contribution >= 0.6 is 0 Å². The summed E-state index contributed by atoms with van der Waals surface area (Å²) >= 11 is 0. The standard InChI is InChI=1S/C12H11F3N4O/c13-12(14,15)11(20)6-9(8-4-2-1-3-5-8)19-10(18-11)16-7-17-19/h1-5,7,9,20H,6H2,(H,16,17,18)/t9-,11-/m1/s1. The predicted molar refractivity (Wildman–Crippen MR) is 63.8 cm³/mol. The minimum atomic E-state index is -4.81. The van der Waals surface area contributed by atoms with E-state index in [1.54, 1.807) is 30.3 Å². The molecule has 0 saturated carbocycles. The van der Waals surface area contributed by atoms with Crippen molar-refractivity contribution in [1.82, 2.24) is 14.8 Å². The first kappa shape index (κ1) is 12.9. The van der Waals surface area contributed by atoms with Gasteiger partial charge >= 0.3 is 6.18 Å². The molecule has 5 nitrogen and oxygen atoms in total. The Balaban J connectivity index is 2.07. The molecule has 106 valence electrons. The maximum absolute atomic E-state index is 13.0. The van der Waals surface area contributed by atoms with Crippen molar-refractivity contribution in [3.63, 3.8) is 0 Å². The average Bonchev–Trinajstić information content (AvgIpc) is 2.85. The van der Waals surface area contributed by atoms with E-state index < -0.39 is 24.4 Å². The van der Waals surface area contributed by atoms with E-state index in [4.69, 9.17) is 0 Å². The summed E-state index contributed by atoms with van der Waals surface area (Å²) in [5.41, 5.74) is -2.39. The van der Waals surface area contributed by atoms with Crippen molar-refractivity contribution in [3.05, 3.63) is 42.2 Å². The summed E-state index contributed by atoms with van der Waals surface area (Å²) in [6.45, 7) is 0. The SMILES string of the molecule is O[C@@]1(C(F)(F)F)C[C@H](c2ccccc2)n2ncnc2N1. The molecular formula is C12H11F3N4O. The van der Waals surface area contributed by atoms with Gasteiger partial charge in [0.15, 0.2) is 0 Å². The summed E-state index contributed by atoms with van der Waals surface area (Å²) in [4.78, 5) is 3.72. The van der Waals surface area contributed by atoms with Crippen LogP contribution in [0.1, 0.15) is 18.0 Å². The zero-order valence-electron chi connectivity index (χ0n) is 10.2. The number of hydrogen-bond acceptors (Lipinski definition) is 4. The third-order valence-electron chi connectivity index (χ3n) is 3.33. The van der Waals surface area contributed by atoms with E-state index in [0.29, 0.717) is 5.56 Å². The molecule has 0 radical (unpaired) electrons. The van der Waals surface area contributed by atoms with E-state index in [9.17, 15) is 18.3 Å². The van der Waals surface area contributed by atoms with Crippen LogP contribution in [0.15, 0.2) is 36.7 Å². The number of alkyl halides is 3. The molecule has 2 atom stereocenters. The molecular weight excluding hydrogens is 273 g/mol. The fraction of sp³-hybridized carbons (Fsp3) is 0.333. The van der Waals surface area contributed by atoms with Crippen molar-refractivity contribution in [2.45, 2.75) is 24.4 Å². The first-order valence-corrected chi connectivity index (χ1v) is 5.92. The number of nitrogens with zero attached hydrogens (tertiary/aromatic N) is 3. The van der Waals surface area contributed by atoms with E-state index in [1.807, 2.05) is 5.32 Å². The number of halogens is 3. The lowest BCUT2D eigenvalue weighted by molar-refractivity contribution is -0.255. The Morgan fingerprint density at radius 1 is 1.30 bits per heavy atom. The highest BCUT2D eigenvalue weighted by molar-refractivity contribution is 5.36. The molecule has 0 unspecified atom stereocenters. The summed E-state index contributed by atoms with van der Waals surface area (Å²) in [6.07, 6.45) is -4.23. The third kappa shape index (κ3) is 1.92. The number of anilines is 1. The first-order chi connectivity index (χ1) is 9.41. The van der Waals surface area contributed by atoms with Crippen molar-refractivity contribution < 1.29 is 18.3 Å². The summed E-state index contributed by atoms with van der Waals surface area (Å²) < 4.78 is 40.5. The van der Waals surface area contributed by atoms with Gasteiger partial charge in [-0.1, -0.05) is 30.3 Å². The monoisotopic (exact) mass is 284 g/mol. The second kappa shape index (κ2) is 4.20. The Morgan fingerprint density at radius 2 is 2.00 bits per heavy atom. The molecule has 0 saturated heterocycles. The molecule has 1 aromatic heterocycles. The lowest BCUT2D eigenvalue weighted by atomic mass is 9.95. The minimum Gasteiger partial charge on any atom is -0.363 e. The first-order valence-electron chi connectivity index (χ1n) is 5.92. The van der Waals surface area contributed by atoms with Gasteiger partial charge in [0.25, 0.3) is 0 Å². The second-order valence-electron chi connectivity index (χ2n) is 4.64. The Morgan fingerprint density at radius 3 is 2.65 bits per heavy atom. The number of aliphatic hydroxyl groups is 1. The van der Waals surface area contributed by atoms with Gasteiger partial charge in [0.2, 0.25) is 11.7 Å². The van der Waals surface area contributed by atoms with E-state index in [2.05, 4.69) is 10.1 Å². The number of benzene rings is 1. The molecule has 2 heterocycles. The van der Waals surface area contributed by atoms with Gasteiger partial charge in [-0.25, -0.2) is 4.68 Å². The van der Waals surface area contributed by atoms with Crippen molar-refractivity contribution >= 4 is 5.95 Å². The Hall–Kier alpha value is -2.09. The normalized spacial score (nSPS) is 25.9. The van der Waals surface area contributed by atoms with Gasteiger partial charge in [-0.3, -0.25) is 0 Å². The van der Waals surface area contributed by atoms with Gasteiger partial charge < -0.3 is 10.4 Å². The number of rotatable bonds is 1. The molecule has 3 rings (SSSR count). The lowest BCUT2D eigenvalue weighted by Crippen LogP contribution is -2.56. The zero-order chi connectivity index (χ0) is 14.4. The maximum Gasteiger partial charge on any atom is 0.436 e. The molecule has 0 aliphatic carbocycles. The smallest absolute Gasteiger partial charge is 0.363 e. The highest BCUT2D eigenvalue weighted by Crippen LogP contribution is 2.42. The number of hydrogen-bond donors (Lipinski definition) is 2. The summed E-state index contributed by atoms with van der Waals surface area (Å²) in [6, 6.07) is 7.86. The van der Waals surface area contributed by atoms with E-state index >= 15 is 0 Å². The van der Waals surface area contributed by atoms with Crippen LogP contribution in [-0.2, 0) is 0 Å². The van der Waals surface area contributed by atoms with E-state index in [-0.39, 0.29) is 5.95 Å². The third-order valence-corrected chi connectivity index (χ3v) is 3.33. The maximum atomic E-state index is 13.0. The van der Waals surface area contributed by atoms with Crippen molar-refractivity contribution in [1.29, 1.82) is 0 Å². The minimum absolute atomic E-state index is 0.107. The molecule has 0 spiro atoms. The summed E-state index contributed by atoms with van der Waals surface area (Å²) in [5, 5.41) is 15.8. The molecule has 0 fully saturated rings. The zero-order valence-corrected chi connectivity index (χ0v) is 10.2. The molecule has 2 N–H and O–H groups in total. The molecule has 8 heteroatoms. The van der Waals surface area contributed by atoms with Crippen molar-refractivity contribution in [2.24, 2.45) is 0 Å². The van der Waals surface area contributed by atoms with Crippen LogP contribution in [0.2, 0.25) is 0 Å². The average molecular weight is 284 g/mol. The van der Waals surface area contributed by atoms with Gasteiger partial charge in [0.1, 0.15) is 6.33 Å². The molecule has 1 aliphatic rings. The quantitative estimate of drug-likeness (QED) is 0.840. The van der Waals surface area contributed by atoms with Crippen molar-refractivity contribution in [2.75, 3.05) is 5.32 Å². The van der Waals surface area contributed by atoms with Gasteiger partial charge in [-0.05, 0) is 5.56 Å². The summed E-state index contributed by atoms with van der Waals surface area (Å²) in [5.74, 6) is -0.107. The predicted octanol–water partition coefficient (Wildman–Crippen LogP) is 1.93. The Labute approximate surface area is 112 Å². The van der Waals surface area contributed by atoms with Crippen LogP contribution in [0.25, 0.3) is 0 Å². The fourth-order valence-electron chi connectivity index (χ4n) is 2.29. The van der Waals surface area contributed by atoms with Gasteiger partial charge in [-0.2, -0.15) is 23.3 Å². The number of aromatic nitrogens is 3. The van der Waals surface area contributed by atoms with E-state index in [1.165, 1.54) is 4.68 Å². The van der Waals surface area contributed by atoms with Crippen LogP contribution in [0.5, 0.6) is 0 Å². The highest BCUT2D eigenvalue weighted by atomic mass is 19.4. The van der Waals surface area contributed by atoms with Crippen molar-refractivity contribution in [3.8, 4) is 0 Å². The van der Waals surface area contributed by atoms with Gasteiger partial charge in [0, 0.05) is 6.42 Å². The largest absolute Gasteiger partial charge is 0.436 e. The molecule has 20 heavy (non-hydrogen) atoms. The summed E-state index contributed by atoms with van der Waals surface area (Å²) in [7, 11) is 0. The van der Waals surface area contributed by atoms with Crippen LogP contribution in [0.3, 0.4) is 0 Å². The second-order valence-corrected chi connectivity index (χ2v) is 4.64. The van der Waals surface area contributed by atoms with Gasteiger partial charge in [-0.15, -0.1) is 0 Å². The number of nitrogens with one attached hydrogen (secondary N) is 1. The number of fused-ring (bicyclic) bond motifs is 1. The topological polar surface area (TPSA) is 63.0 Å². The van der Waals surface area contributed by atoms with E-state index in [0.717, 1.165) is 6.33 Å².